The lowest BCUT2D eigenvalue weighted by Gasteiger charge is -2.13. The highest BCUT2D eigenvalue weighted by Gasteiger charge is 2.29. The van der Waals surface area contributed by atoms with Crippen molar-refractivity contribution >= 4 is 135 Å². The van der Waals surface area contributed by atoms with Crippen molar-refractivity contribution in [2.45, 2.75) is 0 Å². The van der Waals surface area contributed by atoms with Crippen LogP contribution in [-0.2, 0) is 22.7 Å². The molecule has 0 radical (unpaired) electrons. The lowest BCUT2D eigenvalue weighted by atomic mass is 9.93. The Balaban J connectivity index is 0.852. The Morgan fingerprint density at radius 1 is 0.294 bits per heavy atom. The van der Waals surface area contributed by atoms with E-state index in [0.717, 1.165) is 134 Å². The number of nitrogens with zero attached hydrogens (tertiary/aromatic N) is 10. The zero-order chi connectivity index (χ0) is 44.5. The molecule has 2 aliphatic heterocycles. The average molecular weight is 945 g/mol. The van der Waals surface area contributed by atoms with Crippen LogP contribution in [0.25, 0.3) is 122 Å². The number of para-hydroxylation sites is 2. The minimum absolute atomic E-state index is 0.842. The predicted molar refractivity (Wildman–Crippen MR) is 282 cm³/mol. The molecular formula is C54H28N10S4. The lowest BCUT2D eigenvalue weighted by molar-refractivity contribution is 1.14. The van der Waals surface area contributed by atoms with Crippen molar-refractivity contribution in [1.29, 1.82) is 0 Å². The van der Waals surface area contributed by atoms with Gasteiger partial charge in [-0.1, -0.05) is 109 Å². The van der Waals surface area contributed by atoms with Crippen molar-refractivity contribution in [3.05, 3.63) is 170 Å². The first-order valence-corrected chi connectivity index (χ1v) is 24.8. The fourth-order valence-electron chi connectivity index (χ4n) is 10.4. The Kier molecular flexibility index (Phi) is 8.21. The first-order valence-electron chi connectivity index (χ1n) is 21.9. The highest BCUT2D eigenvalue weighted by Crippen LogP contribution is 2.54. The quantitative estimate of drug-likeness (QED) is 0.165. The molecule has 10 nitrogen and oxygen atoms in total. The highest BCUT2D eigenvalue weighted by molar-refractivity contribution is 7.58. The van der Waals surface area contributed by atoms with E-state index >= 15 is 0 Å². The third-order valence-corrected chi connectivity index (χ3v) is 15.4. The number of hydrogen-bond acceptors (Lipinski definition) is 10. The molecule has 68 heavy (non-hydrogen) atoms. The molecule has 0 fully saturated rings. The van der Waals surface area contributed by atoms with Gasteiger partial charge in [-0.25, -0.2) is 0 Å². The molecule has 0 unspecified atom stereocenters. The summed E-state index contributed by atoms with van der Waals surface area (Å²) in [5, 5.41) is 4.62. The molecule has 0 saturated carbocycles. The van der Waals surface area contributed by atoms with Gasteiger partial charge in [0.1, 0.15) is 44.8 Å². The minimum atomic E-state index is 0.842. The second kappa shape index (κ2) is 14.7. The van der Waals surface area contributed by atoms with E-state index in [-0.39, 0.29) is 0 Å². The van der Waals surface area contributed by atoms with Gasteiger partial charge in [0, 0.05) is 55.2 Å². The third-order valence-electron chi connectivity index (χ3n) is 13.3. The van der Waals surface area contributed by atoms with E-state index in [1.165, 1.54) is 56.9 Å². The van der Waals surface area contributed by atoms with Crippen LogP contribution in [0.2, 0.25) is 0 Å². The van der Waals surface area contributed by atoms with Crippen LogP contribution >= 0.6 is 23.5 Å². The maximum absolute atomic E-state index is 4.87. The molecule has 0 spiro atoms. The van der Waals surface area contributed by atoms with Crippen LogP contribution in [0.1, 0.15) is 0 Å². The Morgan fingerprint density at radius 2 is 0.632 bits per heavy atom. The maximum Gasteiger partial charge on any atom is 0.115 e. The Hall–Kier alpha value is -8.14. The van der Waals surface area contributed by atoms with Crippen molar-refractivity contribution in [3.8, 4) is 55.9 Å². The molecular weight excluding hydrogens is 917 g/mol. The molecule has 13 aromatic rings. The topological polar surface area (TPSA) is 111 Å². The van der Waals surface area contributed by atoms with Crippen LogP contribution in [0.5, 0.6) is 0 Å². The fraction of sp³-hybridized carbons (Fsp3) is 0. The number of benzene rings is 9. The van der Waals surface area contributed by atoms with Crippen molar-refractivity contribution in [2.75, 3.05) is 0 Å². The van der Waals surface area contributed by atoms with Crippen molar-refractivity contribution in [1.82, 2.24) is 26.6 Å². The predicted octanol–water partition coefficient (Wildman–Crippen LogP) is 16.0. The minimum Gasteiger partial charge on any atom is -0.309 e. The summed E-state index contributed by atoms with van der Waals surface area (Å²) in [6.07, 6.45) is 0. The molecule has 318 valence electrons. The highest BCUT2D eigenvalue weighted by atomic mass is 32.1. The normalized spacial score (nSPS) is 12.8. The van der Waals surface area contributed by atoms with Gasteiger partial charge in [0.15, 0.2) is 0 Å². The Morgan fingerprint density at radius 3 is 1.03 bits per heavy atom. The SMILES string of the molecule is c1ccc(-c2c3c(c(-c4ccc5c(c4)c4ccccc4n5-c4ccc(-n5c6ccccc6c6cc(-c7c8c(c(-c9ccccc9)c9nsnc79)N=S=N8)ccc65)cc4)c4nsnc24)N=S=N3)cc1. The van der Waals surface area contributed by atoms with Gasteiger partial charge in [0.2, 0.25) is 0 Å². The molecule has 6 heterocycles. The van der Waals surface area contributed by atoms with Crippen LogP contribution in [0.4, 0.5) is 22.7 Å². The summed E-state index contributed by atoms with van der Waals surface area (Å²) in [7, 11) is 0. The van der Waals surface area contributed by atoms with Gasteiger partial charge in [-0.05, 0) is 82.9 Å². The van der Waals surface area contributed by atoms with E-state index in [2.05, 4.69) is 143 Å². The largest absolute Gasteiger partial charge is 0.309 e. The van der Waals surface area contributed by atoms with E-state index in [0.29, 0.717) is 0 Å². The Labute approximate surface area is 401 Å². The summed E-state index contributed by atoms with van der Waals surface area (Å²) >= 11 is 4.91. The van der Waals surface area contributed by atoms with E-state index in [4.69, 9.17) is 34.9 Å². The lowest BCUT2D eigenvalue weighted by Crippen LogP contribution is -1.97. The zero-order valence-electron chi connectivity index (χ0n) is 35.3. The molecule has 15 rings (SSSR count). The van der Waals surface area contributed by atoms with Gasteiger partial charge in [0.05, 0.1) is 68.2 Å². The molecule has 0 aliphatic carbocycles. The standard InChI is InChI=1S/C54H28N10S4/c1-3-11-29(12-4-1)43-47-51(59-65-55-47)45(52-48(43)56-66-60-52)31-19-25-41-37(27-31)35-15-7-9-17-39(35)63(41)33-21-23-34(24-22-33)64-40-18-10-8-16-36(40)38-28-32(20-26-42(38)64)46-53-49(57-67-61-53)44(30-13-5-2-6-14-30)50-54(46)62-68-58-50/h1-28H. The Bertz CT molecular complexity index is 4170. The van der Waals surface area contributed by atoms with E-state index in [1.807, 2.05) is 36.4 Å². The van der Waals surface area contributed by atoms with Crippen LogP contribution in [0.15, 0.2) is 187 Å². The molecule has 0 bridgehead atoms. The summed E-state index contributed by atoms with van der Waals surface area (Å²) in [5.41, 5.74) is 21.4. The van der Waals surface area contributed by atoms with Crippen molar-refractivity contribution in [3.63, 3.8) is 0 Å². The number of aromatic nitrogens is 6. The first kappa shape index (κ1) is 38.0. The van der Waals surface area contributed by atoms with Gasteiger partial charge in [-0.3, -0.25) is 0 Å². The van der Waals surface area contributed by atoms with E-state index in [9.17, 15) is 0 Å². The van der Waals surface area contributed by atoms with E-state index < -0.39 is 0 Å². The van der Waals surface area contributed by atoms with Gasteiger partial charge in [0.25, 0.3) is 0 Å². The number of fused-ring (bicyclic) bond motifs is 10. The van der Waals surface area contributed by atoms with E-state index in [1.54, 1.807) is 0 Å². The van der Waals surface area contributed by atoms with Gasteiger partial charge < -0.3 is 9.13 Å². The summed E-state index contributed by atoms with van der Waals surface area (Å²) in [6.45, 7) is 0. The summed E-state index contributed by atoms with van der Waals surface area (Å²) in [4.78, 5) is 0. The monoisotopic (exact) mass is 944 g/mol. The third kappa shape index (κ3) is 5.42. The van der Waals surface area contributed by atoms with Gasteiger partial charge in [-0.15, -0.1) is 0 Å². The van der Waals surface area contributed by atoms with Crippen LogP contribution in [0, 0.1) is 0 Å². The zero-order valence-corrected chi connectivity index (χ0v) is 38.5. The van der Waals surface area contributed by atoms with Crippen LogP contribution in [-0.4, -0.2) is 26.6 Å². The first-order chi connectivity index (χ1) is 33.8. The fourth-order valence-corrected chi connectivity index (χ4v) is 12.6. The second-order valence-corrected chi connectivity index (χ2v) is 18.9. The molecule has 2 aliphatic rings. The van der Waals surface area contributed by atoms with Crippen LogP contribution < -0.4 is 0 Å². The average Bonchev–Trinajstić information content (AvgIpc) is 4.28. The number of hydrogen-bond donors (Lipinski definition) is 0. The summed E-state index contributed by atoms with van der Waals surface area (Å²) < 4.78 is 43.5. The van der Waals surface area contributed by atoms with Crippen molar-refractivity contribution in [2.24, 2.45) is 17.5 Å². The smallest absolute Gasteiger partial charge is 0.115 e. The molecule has 0 amide bonds. The van der Waals surface area contributed by atoms with Crippen molar-refractivity contribution < 1.29 is 0 Å². The summed E-state index contributed by atoms with van der Waals surface area (Å²) in [6, 6.07) is 60.2. The molecule has 0 atom stereocenters. The second-order valence-electron chi connectivity index (χ2n) is 16.8. The molecule has 0 saturated heterocycles. The van der Waals surface area contributed by atoms with Gasteiger partial charge in [-0.2, -0.15) is 34.9 Å². The molecule has 9 aromatic carbocycles. The maximum atomic E-state index is 4.87. The summed E-state index contributed by atoms with van der Waals surface area (Å²) in [5.74, 6) is 0. The number of rotatable bonds is 6. The van der Waals surface area contributed by atoms with Crippen LogP contribution in [0.3, 0.4) is 0 Å². The molecule has 4 aromatic heterocycles. The molecule has 14 heteroatoms. The van der Waals surface area contributed by atoms with Gasteiger partial charge >= 0.3 is 0 Å². The molecule has 0 N–H and O–H groups in total.